The van der Waals surface area contributed by atoms with Crippen molar-refractivity contribution in [3.63, 3.8) is 0 Å². The molecular formula is C29H32F3N5O2. The molecule has 2 aromatic carbocycles. The smallest absolute Gasteiger partial charge is 0.406 e. The van der Waals surface area contributed by atoms with Crippen LogP contribution in [0.4, 0.5) is 24.5 Å². The van der Waals surface area contributed by atoms with Crippen molar-refractivity contribution in [2.45, 2.75) is 52.1 Å². The highest BCUT2D eigenvalue weighted by atomic mass is 19.4. The van der Waals surface area contributed by atoms with Gasteiger partial charge in [0.1, 0.15) is 17.3 Å². The number of hydrogen-bond acceptors (Lipinski definition) is 5. The molecule has 2 saturated heterocycles. The fourth-order valence-corrected chi connectivity index (χ4v) is 6.08. The van der Waals surface area contributed by atoms with Crippen LogP contribution in [0.3, 0.4) is 0 Å². The largest absolute Gasteiger partial charge is 0.573 e. The first-order valence-electron chi connectivity index (χ1n) is 13.5. The zero-order valence-corrected chi connectivity index (χ0v) is 21.9. The van der Waals surface area contributed by atoms with Gasteiger partial charge in [-0.05, 0) is 61.2 Å². The maximum absolute atomic E-state index is 13.0. The van der Waals surface area contributed by atoms with Gasteiger partial charge < -0.3 is 24.4 Å². The number of halogens is 3. The first-order chi connectivity index (χ1) is 18.7. The van der Waals surface area contributed by atoms with Gasteiger partial charge in [0.15, 0.2) is 0 Å². The number of aromatic nitrogens is 2. The number of carbonyl (C=O) groups excluding carboxylic acids is 1. The van der Waals surface area contributed by atoms with E-state index in [2.05, 4.69) is 48.7 Å². The van der Waals surface area contributed by atoms with Crippen molar-refractivity contribution in [2.24, 2.45) is 5.41 Å². The van der Waals surface area contributed by atoms with Crippen molar-refractivity contribution in [3.8, 4) is 5.75 Å². The maximum Gasteiger partial charge on any atom is 0.573 e. The van der Waals surface area contributed by atoms with Crippen molar-refractivity contribution < 1.29 is 22.7 Å². The van der Waals surface area contributed by atoms with Crippen molar-refractivity contribution in [3.05, 3.63) is 71.3 Å². The molecule has 39 heavy (non-hydrogen) atoms. The highest BCUT2D eigenvalue weighted by Crippen LogP contribution is 2.44. The molecule has 2 fully saturated rings. The van der Waals surface area contributed by atoms with Crippen LogP contribution in [-0.2, 0) is 25.9 Å². The van der Waals surface area contributed by atoms with Crippen LogP contribution >= 0.6 is 0 Å². The third-order valence-electron chi connectivity index (χ3n) is 8.00. The summed E-state index contributed by atoms with van der Waals surface area (Å²) in [5.74, 6) is 0.770. The van der Waals surface area contributed by atoms with Crippen LogP contribution in [0.2, 0.25) is 0 Å². The third-order valence-corrected chi connectivity index (χ3v) is 8.00. The van der Waals surface area contributed by atoms with Gasteiger partial charge in [-0.3, -0.25) is 4.79 Å². The van der Waals surface area contributed by atoms with Crippen LogP contribution in [0.25, 0.3) is 0 Å². The lowest BCUT2D eigenvalue weighted by molar-refractivity contribution is -0.274. The van der Waals surface area contributed by atoms with Gasteiger partial charge in [0.25, 0.3) is 5.91 Å². The van der Waals surface area contributed by atoms with Gasteiger partial charge in [0.05, 0.1) is 5.69 Å². The Kier molecular flexibility index (Phi) is 6.43. The lowest BCUT2D eigenvalue weighted by atomic mass is 9.72. The molecule has 7 nitrogen and oxygen atoms in total. The lowest BCUT2D eigenvalue weighted by Crippen LogP contribution is -2.72. The summed E-state index contributed by atoms with van der Waals surface area (Å²) < 4.78 is 43.2. The molecule has 3 aliphatic rings. The molecular weight excluding hydrogens is 507 g/mol. The normalized spacial score (nSPS) is 17.8. The number of nitrogens with zero attached hydrogens (tertiary/aromatic N) is 4. The summed E-state index contributed by atoms with van der Waals surface area (Å²) in [5, 5.41) is 3.09. The summed E-state index contributed by atoms with van der Waals surface area (Å²) in [6.07, 6.45) is -0.788. The average molecular weight is 540 g/mol. The van der Waals surface area contributed by atoms with Crippen molar-refractivity contribution >= 4 is 17.3 Å². The number of aryl methyl sites for hydroxylation is 2. The molecule has 1 amide bonds. The average Bonchev–Trinajstić information content (AvgIpc) is 3.25. The van der Waals surface area contributed by atoms with Crippen LogP contribution < -0.4 is 19.9 Å². The van der Waals surface area contributed by atoms with Gasteiger partial charge in [0.2, 0.25) is 0 Å². The maximum atomic E-state index is 13.0. The van der Waals surface area contributed by atoms with Gasteiger partial charge in [0, 0.05) is 62.5 Å². The summed E-state index contributed by atoms with van der Waals surface area (Å²) in [6.45, 7) is 7.02. The molecule has 0 aliphatic carbocycles. The van der Waals surface area contributed by atoms with Crippen LogP contribution in [0, 0.1) is 5.41 Å². The number of ether oxygens (including phenoxy) is 1. The molecule has 1 N–H and O–H groups in total. The fraction of sp³-hybridized carbons (Fsp3) is 0.448. The van der Waals surface area contributed by atoms with Gasteiger partial charge >= 0.3 is 6.36 Å². The number of fused-ring (bicyclic) bond motifs is 1. The zero-order valence-electron chi connectivity index (χ0n) is 21.9. The number of carbonyl (C=O) groups is 1. The summed E-state index contributed by atoms with van der Waals surface area (Å²) in [4.78, 5) is 22.3. The van der Waals surface area contributed by atoms with Crippen molar-refractivity contribution in [1.82, 2.24) is 14.9 Å². The molecule has 6 rings (SSSR count). The van der Waals surface area contributed by atoms with Crippen LogP contribution in [0.15, 0.2) is 48.5 Å². The SMILES string of the molecule is CCc1nc2n(c1C(=O)NCc1ccc(N3CC4(C3)CN(c3ccc(OC(F)(F)F)cc3)C4)cc1)CCCC2. The van der Waals surface area contributed by atoms with Gasteiger partial charge in [-0.15, -0.1) is 13.2 Å². The molecule has 10 heteroatoms. The molecule has 0 atom stereocenters. The molecule has 1 aromatic heterocycles. The van der Waals surface area contributed by atoms with E-state index in [9.17, 15) is 18.0 Å². The number of alkyl halides is 3. The van der Waals surface area contributed by atoms with E-state index in [1.165, 1.54) is 12.1 Å². The van der Waals surface area contributed by atoms with Gasteiger partial charge in [-0.2, -0.15) is 0 Å². The van der Waals surface area contributed by atoms with E-state index >= 15 is 0 Å². The number of benzene rings is 2. The van der Waals surface area contributed by atoms with Crippen LogP contribution in [-0.4, -0.2) is 48.0 Å². The Morgan fingerprint density at radius 2 is 1.59 bits per heavy atom. The van der Waals surface area contributed by atoms with E-state index in [0.29, 0.717) is 6.54 Å². The molecule has 3 aromatic rings. The highest BCUT2D eigenvalue weighted by Gasteiger charge is 2.51. The number of rotatable bonds is 7. The predicted octanol–water partition coefficient (Wildman–Crippen LogP) is 4.94. The summed E-state index contributed by atoms with van der Waals surface area (Å²) in [7, 11) is 0. The van der Waals surface area contributed by atoms with E-state index in [0.717, 1.165) is 92.6 Å². The van der Waals surface area contributed by atoms with E-state index in [-0.39, 0.29) is 17.1 Å². The second-order valence-corrected chi connectivity index (χ2v) is 10.9. The fourth-order valence-electron chi connectivity index (χ4n) is 6.08. The third kappa shape index (κ3) is 5.16. The van der Waals surface area contributed by atoms with E-state index in [4.69, 9.17) is 4.98 Å². The summed E-state index contributed by atoms with van der Waals surface area (Å²) in [6, 6.07) is 14.4. The predicted molar refractivity (Wildman–Crippen MR) is 142 cm³/mol. The van der Waals surface area contributed by atoms with E-state index in [1.54, 1.807) is 12.1 Å². The van der Waals surface area contributed by atoms with Crippen molar-refractivity contribution in [2.75, 3.05) is 36.0 Å². The Balaban J connectivity index is 0.989. The second kappa shape index (κ2) is 9.81. The molecule has 206 valence electrons. The summed E-state index contributed by atoms with van der Waals surface area (Å²) >= 11 is 0. The molecule has 3 aliphatic heterocycles. The van der Waals surface area contributed by atoms with Gasteiger partial charge in [-0.25, -0.2) is 4.98 Å². The molecule has 1 spiro atoms. The first kappa shape index (κ1) is 25.6. The Bertz CT molecular complexity index is 1340. The van der Waals surface area contributed by atoms with Crippen molar-refractivity contribution in [1.29, 1.82) is 0 Å². The molecule has 4 heterocycles. The highest BCUT2D eigenvalue weighted by molar-refractivity contribution is 5.94. The number of hydrogen-bond donors (Lipinski definition) is 1. The monoisotopic (exact) mass is 539 g/mol. The standard InChI is InChI=1S/C29H32F3N5O2/c1-2-24-26(37-14-4-3-5-25(37)34-24)27(38)33-15-20-6-8-21(9-7-20)35-16-28(17-35)18-36(19-28)22-10-12-23(13-11-22)39-29(30,31)32/h6-13H,2-5,14-19H2,1H3,(H,33,38). The van der Waals surface area contributed by atoms with Crippen LogP contribution in [0.5, 0.6) is 5.75 Å². The van der Waals surface area contributed by atoms with Crippen LogP contribution in [0.1, 0.15) is 47.3 Å². The quantitative estimate of drug-likeness (QED) is 0.461. The van der Waals surface area contributed by atoms with E-state index in [1.807, 2.05) is 6.92 Å². The Labute approximate surface area is 225 Å². The topological polar surface area (TPSA) is 62.6 Å². The Hall–Kier alpha value is -3.69. The summed E-state index contributed by atoms with van der Waals surface area (Å²) in [5.41, 5.74) is 4.92. The molecule has 0 bridgehead atoms. The number of imidazole rings is 1. The second-order valence-electron chi connectivity index (χ2n) is 10.9. The Morgan fingerprint density at radius 3 is 2.18 bits per heavy atom. The lowest BCUT2D eigenvalue weighted by Gasteiger charge is -2.61. The number of amides is 1. The minimum atomic E-state index is -4.68. The van der Waals surface area contributed by atoms with Gasteiger partial charge in [-0.1, -0.05) is 19.1 Å². The minimum Gasteiger partial charge on any atom is -0.406 e. The number of nitrogens with one attached hydrogen (secondary N) is 1. The molecule has 0 radical (unpaired) electrons. The van der Waals surface area contributed by atoms with E-state index < -0.39 is 6.36 Å². The molecule has 0 saturated carbocycles. The minimum absolute atomic E-state index is 0.0571. The molecule has 0 unspecified atom stereocenters. The number of anilines is 2. The Morgan fingerprint density at radius 1 is 0.974 bits per heavy atom. The zero-order chi connectivity index (χ0) is 27.2. The first-order valence-corrected chi connectivity index (χ1v) is 13.5.